The zero-order chi connectivity index (χ0) is 10.4. The van der Waals surface area contributed by atoms with Crippen molar-refractivity contribution in [1.82, 2.24) is 19.6 Å². The molecule has 74 valence electrons. The van der Waals surface area contributed by atoms with Crippen LogP contribution in [0.15, 0.2) is 29.0 Å². The summed E-state index contributed by atoms with van der Waals surface area (Å²) in [5.41, 5.74) is 1.37. The first-order chi connectivity index (χ1) is 7.24. The molecule has 0 aromatic carbocycles. The van der Waals surface area contributed by atoms with Crippen molar-refractivity contribution in [2.24, 2.45) is 0 Å². The van der Waals surface area contributed by atoms with E-state index in [1.807, 2.05) is 6.07 Å². The highest BCUT2D eigenvalue weighted by Crippen LogP contribution is 2.21. The smallest absolute Gasteiger partial charge is 0.183 e. The van der Waals surface area contributed by atoms with Crippen LogP contribution in [0.25, 0.3) is 16.7 Å². The van der Waals surface area contributed by atoms with Gasteiger partial charge in [-0.15, -0.1) is 5.10 Å². The van der Waals surface area contributed by atoms with Gasteiger partial charge >= 0.3 is 0 Å². The average molecular weight is 284 g/mol. The van der Waals surface area contributed by atoms with E-state index in [0.29, 0.717) is 16.4 Å². The molecule has 0 radical (unpaired) electrons. The average Bonchev–Trinajstić information content (AvgIpc) is 2.56. The summed E-state index contributed by atoms with van der Waals surface area (Å²) >= 11 is 9.19. The van der Waals surface area contributed by atoms with E-state index in [1.54, 1.807) is 23.0 Å². The largest absolute Gasteiger partial charge is 0.234 e. The van der Waals surface area contributed by atoms with Crippen molar-refractivity contribution in [2.75, 3.05) is 0 Å². The summed E-state index contributed by atoms with van der Waals surface area (Å²) in [5.74, 6) is 0. The molecule has 0 aliphatic rings. The molecule has 0 bridgehead atoms. The van der Waals surface area contributed by atoms with Gasteiger partial charge in [-0.05, 0) is 28.1 Å². The topological polar surface area (TPSA) is 43.1 Å². The Balaban J connectivity index is 2.55. The SMILES string of the molecule is Clc1ccn2nc3ncc(Br)cc3c2n1. The van der Waals surface area contributed by atoms with E-state index in [-0.39, 0.29) is 0 Å². The van der Waals surface area contributed by atoms with Gasteiger partial charge in [-0.25, -0.2) is 14.5 Å². The molecule has 3 heterocycles. The number of fused-ring (bicyclic) bond motifs is 3. The van der Waals surface area contributed by atoms with Gasteiger partial charge in [-0.2, -0.15) is 0 Å². The molecule has 0 saturated heterocycles. The quantitative estimate of drug-likeness (QED) is 0.596. The van der Waals surface area contributed by atoms with Gasteiger partial charge in [0.25, 0.3) is 0 Å². The van der Waals surface area contributed by atoms with Crippen LogP contribution in [0.5, 0.6) is 0 Å². The highest BCUT2D eigenvalue weighted by Gasteiger charge is 2.07. The highest BCUT2D eigenvalue weighted by atomic mass is 79.9. The van der Waals surface area contributed by atoms with Crippen molar-refractivity contribution in [1.29, 1.82) is 0 Å². The van der Waals surface area contributed by atoms with Crippen LogP contribution in [0.2, 0.25) is 5.15 Å². The van der Waals surface area contributed by atoms with E-state index in [4.69, 9.17) is 11.6 Å². The van der Waals surface area contributed by atoms with Crippen molar-refractivity contribution in [2.45, 2.75) is 0 Å². The van der Waals surface area contributed by atoms with Crippen LogP contribution in [-0.2, 0) is 0 Å². The predicted molar refractivity (Wildman–Crippen MR) is 61.0 cm³/mol. The van der Waals surface area contributed by atoms with Crippen molar-refractivity contribution >= 4 is 44.2 Å². The molecule has 6 heteroatoms. The number of nitrogens with zero attached hydrogens (tertiary/aromatic N) is 4. The molecule has 0 saturated carbocycles. The van der Waals surface area contributed by atoms with Gasteiger partial charge in [0.1, 0.15) is 5.15 Å². The van der Waals surface area contributed by atoms with E-state index >= 15 is 0 Å². The van der Waals surface area contributed by atoms with Crippen molar-refractivity contribution < 1.29 is 0 Å². The lowest BCUT2D eigenvalue weighted by Crippen LogP contribution is -1.88. The molecule has 3 aromatic rings. The molecule has 15 heavy (non-hydrogen) atoms. The van der Waals surface area contributed by atoms with Gasteiger partial charge in [0.05, 0.1) is 5.39 Å². The number of pyridine rings is 1. The molecule has 0 aliphatic carbocycles. The van der Waals surface area contributed by atoms with E-state index in [1.165, 1.54) is 0 Å². The first kappa shape index (κ1) is 9.06. The number of hydrogen-bond donors (Lipinski definition) is 0. The van der Waals surface area contributed by atoms with Gasteiger partial charge in [0.15, 0.2) is 11.3 Å². The Labute approximate surface area is 98.0 Å². The fourth-order valence-electron chi connectivity index (χ4n) is 1.44. The van der Waals surface area contributed by atoms with Crippen LogP contribution >= 0.6 is 27.5 Å². The maximum atomic E-state index is 5.83. The summed E-state index contributed by atoms with van der Waals surface area (Å²) in [6.07, 6.45) is 3.47. The number of rotatable bonds is 0. The van der Waals surface area contributed by atoms with E-state index in [2.05, 4.69) is 31.0 Å². The third-order valence-corrected chi connectivity index (χ3v) is 2.70. The van der Waals surface area contributed by atoms with Crippen LogP contribution in [0, 0.1) is 0 Å². The Kier molecular flexibility index (Phi) is 1.90. The molecule has 3 aromatic heterocycles. The van der Waals surface area contributed by atoms with Gasteiger partial charge in [-0.1, -0.05) is 11.6 Å². The molecular weight excluding hydrogens is 279 g/mol. The van der Waals surface area contributed by atoms with Gasteiger partial charge < -0.3 is 0 Å². The second-order valence-corrected chi connectivity index (χ2v) is 4.35. The zero-order valence-corrected chi connectivity index (χ0v) is 9.70. The summed E-state index contributed by atoms with van der Waals surface area (Å²) < 4.78 is 2.56. The lowest BCUT2D eigenvalue weighted by atomic mass is 10.3. The highest BCUT2D eigenvalue weighted by molar-refractivity contribution is 9.10. The molecule has 3 rings (SSSR count). The van der Waals surface area contributed by atoms with E-state index in [9.17, 15) is 0 Å². The summed E-state index contributed by atoms with van der Waals surface area (Å²) in [5, 5.41) is 5.59. The van der Waals surface area contributed by atoms with Gasteiger partial charge in [0.2, 0.25) is 0 Å². The minimum absolute atomic E-state index is 0.448. The zero-order valence-electron chi connectivity index (χ0n) is 7.35. The predicted octanol–water partition coefficient (Wildman–Crippen LogP) is 2.69. The second kappa shape index (κ2) is 3.15. The second-order valence-electron chi connectivity index (χ2n) is 3.04. The van der Waals surface area contributed by atoms with Crippen molar-refractivity contribution in [3.05, 3.63) is 34.2 Å². The van der Waals surface area contributed by atoms with E-state index < -0.39 is 0 Å². The third kappa shape index (κ3) is 1.39. The first-order valence-electron chi connectivity index (χ1n) is 4.20. The first-order valence-corrected chi connectivity index (χ1v) is 5.37. The fourth-order valence-corrected chi connectivity index (χ4v) is 1.90. The normalized spacial score (nSPS) is 11.3. The van der Waals surface area contributed by atoms with Crippen LogP contribution in [-0.4, -0.2) is 19.6 Å². The molecule has 0 atom stereocenters. The van der Waals surface area contributed by atoms with Crippen molar-refractivity contribution in [3.8, 4) is 0 Å². The van der Waals surface area contributed by atoms with Crippen molar-refractivity contribution in [3.63, 3.8) is 0 Å². The standard InChI is InChI=1S/C9H4BrClN4/c10-5-3-6-8(12-4-5)14-15-2-1-7(11)13-9(6)15/h1-4H. The molecule has 0 spiro atoms. The molecule has 0 fully saturated rings. The lowest BCUT2D eigenvalue weighted by Gasteiger charge is -1.92. The summed E-state index contributed by atoms with van der Waals surface area (Å²) in [6, 6.07) is 3.61. The van der Waals surface area contributed by atoms with Crippen LogP contribution < -0.4 is 0 Å². The molecule has 0 amide bonds. The van der Waals surface area contributed by atoms with Gasteiger partial charge in [0, 0.05) is 16.9 Å². The minimum atomic E-state index is 0.448. The number of hydrogen-bond acceptors (Lipinski definition) is 3. The number of aromatic nitrogens is 4. The molecule has 4 nitrogen and oxygen atoms in total. The van der Waals surface area contributed by atoms with Gasteiger partial charge in [-0.3, -0.25) is 0 Å². The molecular formula is C9H4BrClN4. The van der Waals surface area contributed by atoms with Crippen LogP contribution in [0.4, 0.5) is 0 Å². The monoisotopic (exact) mass is 282 g/mol. The maximum absolute atomic E-state index is 5.83. The Bertz CT molecular complexity index is 607. The maximum Gasteiger partial charge on any atom is 0.183 e. The summed E-state index contributed by atoms with van der Waals surface area (Å²) in [7, 11) is 0. The number of halogens is 2. The Morgan fingerprint density at radius 1 is 1.40 bits per heavy atom. The molecule has 0 unspecified atom stereocenters. The summed E-state index contributed by atoms with van der Waals surface area (Å²) in [6.45, 7) is 0. The third-order valence-electron chi connectivity index (χ3n) is 2.06. The molecule has 0 aliphatic heterocycles. The molecule has 0 N–H and O–H groups in total. The Hall–Kier alpha value is -1.20. The Morgan fingerprint density at radius 3 is 3.13 bits per heavy atom. The van der Waals surface area contributed by atoms with Crippen LogP contribution in [0.1, 0.15) is 0 Å². The minimum Gasteiger partial charge on any atom is -0.234 e. The lowest BCUT2D eigenvalue weighted by molar-refractivity contribution is 0.948. The Morgan fingerprint density at radius 2 is 2.27 bits per heavy atom. The fraction of sp³-hybridized carbons (Fsp3) is 0. The van der Waals surface area contributed by atoms with Crippen LogP contribution in [0.3, 0.4) is 0 Å². The summed E-state index contributed by atoms with van der Waals surface area (Å²) in [4.78, 5) is 8.40. The van der Waals surface area contributed by atoms with E-state index in [0.717, 1.165) is 9.86 Å².